The predicted molar refractivity (Wildman–Crippen MR) is 132 cm³/mol. The van der Waals surface area contributed by atoms with E-state index in [9.17, 15) is 18.8 Å². The van der Waals surface area contributed by atoms with E-state index >= 15 is 0 Å². The Morgan fingerprint density at radius 1 is 1.23 bits per heavy atom. The molecule has 0 spiro atoms. The molecule has 0 atom stereocenters. The number of thioether (sulfide) groups is 1. The molecule has 2 saturated heterocycles. The number of hydrogen-bond acceptors (Lipinski definition) is 7. The van der Waals surface area contributed by atoms with Crippen LogP contribution in [-0.4, -0.2) is 66.8 Å². The van der Waals surface area contributed by atoms with Gasteiger partial charge in [-0.05, 0) is 57.5 Å². The van der Waals surface area contributed by atoms with Crippen molar-refractivity contribution >= 4 is 50.8 Å². The van der Waals surface area contributed by atoms with E-state index < -0.39 is 11.1 Å². The van der Waals surface area contributed by atoms with E-state index in [2.05, 4.69) is 15.9 Å². The van der Waals surface area contributed by atoms with Gasteiger partial charge in [0.2, 0.25) is 5.91 Å². The van der Waals surface area contributed by atoms with Crippen molar-refractivity contribution in [2.75, 3.05) is 40.0 Å². The van der Waals surface area contributed by atoms with E-state index in [-0.39, 0.29) is 29.8 Å². The van der Waals surface area contributed by atoms with Gasteiger partial charge in [0, 0.05) is 18.7 Å². The molecular formula is C24H22BrFN2O6S. The molecule has 184 valence electrons. The van der Waals surface area contributed by atoms with Crippen molar-refractivity contribution in [2.45, 2.75) is 6.61 Å². The van der Waals surface area contributed by atoms with Crippen LogP contribution in [0.2, 0.25) is 0 Å². The summed E-state index contributed by atoms with van der Waals surface area (Å²) in [6, 6.07) is 9.66. The number of amides is 3. The van der Waals surface area contributed by atoms with Gasteiger partial charge >= 0.3 is 0 Å². The molecule has 0 aliphatic carbocycles. The lowest BCUT2D eigenvalue weighted by Crippen LogP contribution is -2.46. The molecule has 0 radical (unpaired) electrons. The Kier molecular flexibility index (Phi) is 8.09. The number of carbonyl (C=O) groups excluding carboxylic acids is 3. The number of benzene rings is 2. The molecule has 2 aromatic carbocycles. The average Bonchev–Trinajstić information content (AvgIpc) is 3.11. The van der Waals surface area contributed by atoms with E-state index in [0.717, 1.165) is 16.7 Å². The largest absolute Gasteiger partial charge is 0.493 e. The molecule has 0 N–H and O–H groups in total. The summed E-state index contributed by atoms with van der Waals surface area (Å²) in [5.41, 5.74) is 0.975. The Balaban J connectivity index is 1.49. The van der Waals surface area contributed by atoms with Crippen LogP contribution in [0.5, 0.6) is 11.5 Å². The highest BCUT2D eigenvalue weighted by atomic mass is 79.9. The number of methoxy groups -OCH3 is 1. The Hall–Kier alpha value is -2.89. The molecule has 3 amide bonds. The summed E-state index contributed by atoms with van der Waals surface area (Å²) in [6.07, 6.45) is 1.55. The minimum absolute atomic E-state index is 0.00294. The van der Waals surface area contributed by atoms with Gasteiger partial charge < -0.3 is 19.1 Å². The van der Waals surface area contributed by atoms with Crippen LogP contribution in [0.15, 0.2) is 45.8 Å². The maximum absolute atomic E-state index is 13.9. The molecule has 2 heterocycles. The van der Waals surface area contributed by atoms with Crippen molar-refractivity contribution in [3.63, 3.8) is 0 Å². The van der Waals surface area contributed by atoms with Crippen molar-refractivity contribution in [1.82, 2.24) is 9.80 Å². The van der Waals surface area contributed by atoms with Gasteiger partial charge in [0.15, 0.2) is 11.5 Å². The first-order valence-corrected chi connectivity index (χ1v) is 12.3. The number of hydrogen-bond donors (Lipinski definition) is 0. The first-order chi connectivity index (χ1) is 16.9. The van der Waals surface area contributed by atoms with Gasteiger partial charge in [-0.15, -0.1) is 0 Å². The Morgan fingerprint density at radius 2 is 1.97 bits per heavy atom. The highest BCUT2D eigenvalue weighted by molar-refractivity contribution is 9.10. The summed E-state index contributed by atoms with van der Waals surface area (Å²) in [4.78, 5) is 40.5. The summed E-state index contributed by atoms with van der Waals surface area (Å²) >= 11 is 4.21. The third-order valence-electron chi connectivity index (χ3n) is 5.41. The average molecular weight is 565 g/mol. The molecule has 2 fully saturated rings. The van der Waals surface area contributed by atoms with E-state index in [4.69, 9.17) is 14.2 Å². The van der Waals surface area contributed by atoms with Gasteiger partial charge in [0.25, 0.3) is 11.1 Å². The van der Waals surface area contributed by atoms with Crippen molar-refractivity contribution in [1.29, 1.82) is 0 Å². The van der Waals surface area contributed by atoms with Crippen LogP contribution >= 0.6 is 27.7 Å². The lowest BCUT2D eigenvalue weighted by atomic mass is 10.1. The van der Waals surface area contributed by atoms with Crippen molar-refractivity contribution in [2.24, 2.45) is 0 Å². The second-order valence-electron chi connectivity index (χ2n) is 7.68. The Morgan fingerprint density at radius 3 is 2.69 bits per heavy atom. The van der Waals surface area contributed by atoms with Crippen molar-refractivity contribution < 1.29 is 33.0 Å². The lowest BCUT2D eigenvalue weighted by molar-refractivity contribution is -0.139. The van der Waals surface area contributed by atoms with E-state index in [1.807, 2.05) is 0 Å². The van der Waals surface area contributed by atoms with Gasteiger partial charge in [-0.1, -0.05) is 18.2 Å². The van der Waals surface area contributed by atoms with Crippen molar-refractivity contribution in [3.05, 3.63) is 62.7 Å². The molecule has 35 heavy (non-hydrogen) atoms. The van der Waals surface area contributed by atoms with Crippen LogP contribution in [0.4, 0.5) is 9.18 Å². The maximum atomic E-state index is 13.9. The van der Waals surface area contributed by atoms with Gasteiger partial charge in [-0.2, -0.15) is 0 Å². The minimum atomic E-state index is -0.531. The number of ether oxygens (including phenoxy) is 3. The zero-order chi connectivity index (χ0) is 24.9. The number of morpholine rings is 1. The van der Waals surface area contributed by atoms with Gasteiger partial charge in [0.1, 0.15) is 19.0 Å². The number of carbonyl (C=O) groups is 3. The molecule has 8 nitrogen and oxygen atoms in total. The second kappa shape index (κ2) is 11.2. The molecular weight excluding hydrogens is 543 g/mol. The Labute approximate surface area is 214 Å². The van der Waals surface area contributed by atoms with Crippen LogP contribution in [-0.2, 0) is 20.9 Å². The normalized spacial score (nSPS) is 17.3. The van der Waals surface area contributed by atoms with Gasteiger partial charge in [-0.25, -0.2) is 4.39 Å². The third kappa shape index (κ3) is 5.85. The van der Waals surface area contributed by atoms with Crippen LogP contribution < -0.4 is 9.47 Å². The topological polar surface area (TPSA) is 85.4 Å². The summed E-state index contributed by atoms with van der Waals surface area (Å²) in [5, 5.41) is -0.501. The summed E-state index contributed by atoms with van der Waals surface area (Å²) in [7, 11) is 1.46. The van der Waals surface area contributed by atoms with Gasteiger partial charge in [0.05, 0.1) is 29.7 Å². The SMILES string of the molecule is COc1cc(/C=C2\SC(=O)N(CC(=O)N3CCOCC3)C2=O)cc(Br)c1OCc1ccccc1F. The highest BCUT2D eigenvalue weighted by Crippen LogP contribution is 2.39. The second-order valence-corrected chi connectivity index (χ2v) is 9.52. The fraction of sp³-hybridized carbons (Fsp3) is 0.292. The van der Waals surface area contributed by atoms with E-state index in [1.54, 1.807) is 41.3 Å². The first kappa shape index (κ1) is 25.2. The standard InChI is InChI=1S/C24H22BrFN2O6S/c1-32-19-11-15(10-17(25)22(19)34-14-16-4-2-3-5-18(16)26)12-20-23(30)28(24(31)35-20)13-21(29)27-6-8-33-9-7-27/h2-5,10-12H,6-9,13-14H2,1H3/b20-12-. The quantitative estimate of drug-likeness (QED) is 0.468. The summed E-state index contributed by atoms with van der Waals surface area (Å²) < 4.78 is 30.9. The monoisotopic (exact) mass is 564 g/mol. The van der Waals surface area contributed by atoms with E-state index in [1.165, 1.54) is 13.2 Å². The smallest absolute Gasteiger partial charge is 0.294 e. The van der Waals surface area contributed by atoms with Gasteiger partial charge in [-0.3, -0.25) is 19.3 Å². The third-order valence-corrected chi connectivity index (χ3v) is 6.91. The molecule has 4 rings (SSSR count). The zero-order valence-corrected chi connectivity index (χ0v) is 21.2. The van der Waals surface area contributed by atoms with Crippen molar-refractivity contribution in [3.8, 4) is 11.5 Å². The first-order valence-electron chi connectivity index (χ1n) is 10.7. The van der Waals surface area contributed by atoms with Crippen LogP contribution in [0.1, 0.15) is 11.1 Å². The zero-order valence-electron chi connectivity index (χ0n) is 18.8. The predicted octanol–water partition coefficient (Wildman–Crippen LogP) is 4.07. The molecule has 11 heteroatoms. The highest BCUT2D eigenvalue weighted by Gasteiger charge is 2.37. The molecule has 2 aliphatic rings. The van der Waals surface area contributed by atoms with E-state index in [0.29, 0.717) is 53.4 Å². The molecule has 0 aromatic heterocycles. The van der Waals surface area contributed by atoms with Crippen LogP contribution in [0.25, 0.3) is 6.08 Å². The molecule has 0 saturated carbocycles. The Bertz CT molecular complexity index is 1180. The molecule has 2 aromatic rings. The maximum Gasteiger partial charge on any atom is 0.294 e. The fourth-order valence-electron chi connectivity index (χ4n) is 3.56. The number of nitrogens with zero attached hydrogens (tertiary/aromatic N) is 2. The number of imide groups is 1. The number of halogens is 2. The van der Waals surface area contributed by atoms with Crippen LogP contribution in [0, 0.1) is 5.82 Å². The number of rotatable bonds is 7. The summed E-state index contributed by atoms with van der Waals surface area (Å²) in [6.45, 7) is 1.43. The minimum Gasteiger partial charge on any atom is -0.493 e. The van der Waals surface area contributed by atoms with Crippen LogP contribution in [0.3, 0.4) is 0 Å². The molecule has 2 aliphatic heterocycles. The molecule has 0 bridgehead atoms. The fourth-order valence-corrected chi connectivity index (χ4v) is 4.98. The lowest BCUT2D eigenvalue weighted by Gasteiger charge is -2.28. The summed E-state index contributed by atoms with van der Waals surface area (Å²) in [5.74, 6) is -0.461. The molecule has 0 unspecified atom stereocenters.